The van der Waals surface area contributed by atoms with Crippen LogP contribution in [0.15, 0.2) is 121 Å². The summed E-state index contributed by atoms with van der Waals surface area (Å²) in [6.07, 6.45) is 3.88. The van der Waals surface area contributed by atoms with Gasteiger partial charge < -0.3 is 4.48 Å². The van der Waals surface area contributed by atoms with E-state index in [1.165, 1.54) is 52.5 Å². The Hall–Kier alpha value is -3.20. The van der Waals surface area contributed by atoms with Crippen LogP contribution in [-0.4, -0.2) is 28.5 Å². The van der Waals surface area contributed by atoms with Crippen molar-refractivity contribution in [3.63, 3.8) is 0 Å². The molecule has 1 heterocycles. The lowest BCUT2D eigenvalue weighted by molar-refractivity contribution is -0.842. The molecular weight excluding hydrogens is 436 g/mol. The summed E-state index contributed by atoms with van der Waals surface area (Å²) in [6.45, 7) is 6.78. The molecule has 0 spiro atoms. The first-order valence-corrected chi connectivity index (χ1v) is 13.5. The van der Waals surface area contributed by atoms with E-state index in [4.69, 9.17) is 0 Å². The molecular formula is C34H39N2+. The molecule has 1 atom stereocenters. The van der Waals surface area contributed by atoms with Crippen molar-refractivity contribution in [2.45, 2.75) is 51.5 Å². The molecule has 1 aliphatic rings. The molecule has 0 aromatic heterocycles. The molecule has 2 nitrogen and oxygen atoms in total. The summed E-state index contributed by atoms with van der Waals surface area (Å²) in [5.74, 6) is 0. The van der Waals surface area contributed by atoms with Gasteiger partial charge in [-0.2, -0.15) is 0 Å². The molecule has 0 unspecified atom stereocenters. The second-order valence-electron chi connectivity index (χ2n) is 10.5. The first kappa shape index (κ1) is 24.5. The maximum Gasteiger partial charge on any atom is 0.139 e. The van der Waals surface area contributed by atoms with Gasteiger partial charge in [0.1, 0.15) is 25.7 Å². The van der Waals surface area contributed by atoms with Crippen molar-refractivity contribution in [1.82, 2.24) is 4.90 Å². The van der Waals surface area contributed by atoms with Crippen molar-refractivity contribution in [2.24, 2.45) is 0 Å². The number of unbranched alkanes of at least 4 members (excludes halogenated alkanes) is 1. The molecule has 1 saturated heterocycles. The predicted octanol–water partition coefficient (Wildman–Crippen LogP) is 7.46. The first-order chi connectivity index (χ1) is 17.8. The largest absolute Gasteiger partial charge is 0.304 e. The lowest BCUT2D eigenvalue weighted by Crippen LogP contribution is -2.28. The average Bonchev–Trinajstić information content (AvgIpc) is 3.59. The standard InChI is InChI=1S/C34H39N2/c1-5-15-30(16-6-1)25-35(26-31-17-7-2-8-18-31)24-14-13-23-34-29-36(34,27-32-19-9-3-10-20-32)28-33-21-11-4-12-22-33/h1-12,15-22,34H,13-14,23-29H2/q+1/t34-/m0/s1. The lowest BCUT2D eigenvalue weighted by Gasteiger charge is -2.23. The molecule has 0 aliphatic carbocycles. The van der Waals surface area contributed by atoms with Crippen LogP contribution in [0, 0.1) is 0 Å². The van der Waals surface area contributed by atoms with Gasteiger partial charge in [-0.25, -0.2) is 0 Å². The molecule has 4 aromatic carbocycles. The van der Waals surface area contributed by atoms with Gasteiger partial charge in [0.2, 0.25) is 0 Å². The Morgan fingerprint density at radius 3 is 1.39 bits per heavy atom. The molecule has 0 saturated carbocycles. The smallest absolute Gasteiger partial charge is 0.139 e. The summed E-state index contributed by atoms with van der Waals surface area (Å²) >= 11 is 0. The van der Waals surface area contributed by atoms with E-state index in [2.05, 4.69) is 126 Å². The van der Waals surface area contributed by atoms with Crippen LogP contribution in [0.3, 0.4) is 0 Å². The summed E-state index contributed by atoms with van der Waals surface area (Å²) in [6, 6.07) is 44.8. The van der Waals surface area contributed by atoms with Crippen molar-refractivity contribution in [1.29, 1.82) is 0 Å². The minimum Gasteiger partial charge on any atom is -0.304 e. The van der Waals surface area contributed by atoms with E-state index in [1.54, 1.807) is 0 Å². The van der Waals surface area contributed by atoms with Gasteiger partial charge >= 0.3 is 0 Å². The Morgan fingerprint density at radius 1 is 0.528 bits per heavy atom. The number of benzene rings is 4. The summed E-state index contributed by atoms with van der Waals surface area (Å²) in [4.78, 5) is 2.62. The first-order valence-electron chi connectivity index (χ1n) is 13.5. The maximum atomic E-state index is 2.62. The van der Waals surface area contributed by atoms with E-state index in [9.17, 15) is 0 Å². The summed E-state index contributed by atoms with van der Waals surface area (Å²) in [5.41, 5.74) is 5.73. The van der Waals surface area contributed by atoms with Gasteiger partial charge in [0.25, 0.3) is 0 Å². The van der Waals surface area contributed by atoms with E-state index in [0.29, 0.717) is 0 Å². The van der Waals surface area contributed by atoms with E-state index in [1.807, 2.05) is 0 Å². The van der Waals surface area contributed by atoms with E-state index < -0.39 is 0 Å². The number of hydrogen-bond acceptors (Lipinski definition) is 1. The third-order valence-corrected chi connectivity index (χ3v) is 7.66. The van der Waals surface area contributed by atoms with Crippen LogP contribution in [0.4, 0.5) is 0 Å². The van der Waals surface area contributed by atoms with Crippen molar-refractivity contribution >= 4 is 0 Å². The molecule has 1 aliphatic heterocycles. The molecule has 36 heavy (non-hydrogen) atoms. The molecule has 0 bridgehead atoms. The molecule has 2 heteroatoms. The van der Waals surface area contributed by atoms with Gasteiger partial charge in [0.15, 0.2) is 0 Å². The van der Waals surface area contributed by atoms with E-state index in [-0.39, 0.29) is 0 Å². The number of quaternary nitrogens is 1. The number of hydrogen-bond donors (Lipinski definition) is 0. The highest BCUT2D eigenvalue weighted by Crippen LogP contribution is 2.39. The summed E-state index contributed by atoms with van der Waals surface area (Å²) in [5, 5.41) is 0. The van der Waals surface area contributed by atoms with E-state index >= 15 is 0 Å². The van der Waals surface area contributed by atoms with Crippen LogP contribution in [0.25, 0.3) is 0 Å². The Labute approximate surface area is 217 Å². The van der Waals surface area contributed by atoms with Gasteiger partial charge in [-0.05, 0) is 30.5 Å². The van der Waals surface area contributed by atoms with Crippen LogP contribution in [0.5, 0.6) is 0 Å². The molecule has 5 rings (SSSR count). The highest BCUT2D eigenvalue weighted by Gasteiger charge is 2.53. The van der Waals surface area contributed by atoms with Crippen molar-refractivity contribution in [2.75, 3.05) is 13.1 Å². The number of nitrogens with zero attached hydrogens (tertiary/aromatic N) is 2. The van der Waals surface area contributed by atoms with Crippen LogP contribution in [0.1, 0.15) is 41.5 Å². The van der Waals surface area contributed by atoms with Crippen LogP contribution < -0.4 is 0 Å². The van der Waals surface area contributed by atoms with Crippen LogP contribution in [0.2, 0.25) is 0 Å². The minimum absolute atomic E-state index is 0.780. The third-order valence-electron chi connectivity index (χ3n) is 7.66. The second kappa shape index (κ2) is 12.2. The zero-order valence-corrected chi connectivity index (χ0v) is 21.4. The normalized spacial score (nSPS) is 16.2. The fraction of sp³-hybridized carbons (Fsp3) is 0.294. The minimum atomic E-state index is 0.780. The highest BCUT2D eigenvalue weighted by atomic mass is 15.5. The lowest BCUT2D eigenvalue weighted by atomic mass is 10.1. The molecule has 1 fully saturated rings. The Balaban J connectivity index is 1.17. The molecule has 4 aromatic rings. The molecule has 0 amide bonds. The van der Waals surface area contributed by atoms with Gasteiger partial charge in [0.05, 0.1) is 0 Å². The highest BCUT2D eigenvalue weighted by molar-refractivity contribution is 5.18. The molecule has 184 valence electrons. The van der Waals surface area contributed by atoms with Gasteiger partial charge in [0, 0.05) is 30.6 Å². The van der Waals surface area contributed by atoms with Crippen LogP contribution in [-0.2, 0) is 26.2 Å². The second-order valence-corrected chi connectivity index (χ2v) is 10.5. The third kappa shape index (κ3) is 6.94. The topological polar surface area (TPSA) is 3.24 Å². The van der Waals surface area contributed by atoms with Crippen molar-refractivity contribution in [3.8, 4) is 0 Å². The van der Waals surface area contributed by atoms with Crippen LogP contribution >= 0.6 is 0 Å². The average molecular weight is 476 g/mol. The fourth-order valence-corrected chi connectivity index (χ4v) is 5.69. The zero-order chi connectivity index (χ0) is 24.5. The van der Waals surface area contributed by atoms with Gasteiger partial charge in [-0.15, -0.1) is 0 Å². The van der Waals surface area contributed by atoms with Crippen molar-refractivity contribution in [3.05, 3.63) is 144 Å². The summed E-state index contributed by atoms with van der Waals surface area (Å²) in [7, 11) is 0. The zero-order valence-electron chi connectivity index (χ0n) is 21.4. The quantitative estimate of drug-likeness (QED) is 0.110. The van der Waals surface area contributed by atoms with Gasteiger partial charge in [-0.1, -0.05) is 121 Å². The molecule has 0 N–H and O–H groups in total. The molecule has 0 radical (unpaired) electrons. The van der Waals surface area contributed by atoms with E-state index in [0.717, 1.165) is 38.8 Å². The Morgan fingerprint density at radius 2 is 0.944 bits per heavy atom. The summed E-state index contributed by atoms with van der Waals surface area (Å²) < 4.78 is 1.21. The SMILES string of the molecule is c1ccc(CN(CCCC[C@H]2C[N+]2(Cc2ccccc2)Cc2ccccc2)Cc2ccccc2)cc1. The Kier molecular flexibility index (Phi) is 8.28. The van der Waals surface area contributed by atoms with Gasteiger partial charge in [-0.3, -0.25) is 4.90 Å². The van der Waals surface area contributed by atoms with Crippen molar-refractivity contribution < 1.29 is 4.48 Å². The fourth-order valence-electron chi connectivity index (χ4n) is 5.69. The Bertz CT molecular complexity index is 1080. The maximum absolute atomic E-state index is 2.62. The monoisotopic (exact) mass is 475 g/mol. The predicted molar refractivity (Wildman–Crippen MR) is 150 cm³/mol. The number of rotatable bonds is 13.